The quantitative estimate of drug-likeness (QED) is 0.317. The second-order valence-corrected chi connectivity index (χ2v) is 7.85. The summed E-state index contributed by atoms with van der Waals surface area (Å²) in [6.07, 6.45) is 4.49. The number of hydrogen-bond donors (Lipinski definition) is 2. The highest BCUT2D eigenvalue weighted by Gasteiger charge is 2.19. The van der Waals surface area contributed by atoms with Crippen LogP contribution in [0, 0.1) is 6.92 Å². The molecule has 0 aliphatic rings. The van der Waals surface area contributed by atoms with Crippen LogP contribution >= 0.6 is 11.6 Å². The van der Waals surface area contributed by atoms with Crippen molar-refractivity contribution in [3.05, 3.63) is 65.3 Å². The molecule has 0 amide bonds. The Labute approximate surface area is 181 Å². The van der Waals surface area contributed by atoms with Gasteiger partial charge in [0.2, 0.25) is 0 Å². The van der Waals surface area contributed by atoms with E-state index in [1.165, 1.54) is 0 Å². The van der Waals surface area contributed by atoms with Crippen LogP contribution in [0.5, 0.6) is 0 Å². The molecule has 0 bridgehead atoms. The van der Waals surface area contributed by atoms with Gasteiger partial charge in [-0.1, -0.05) is 42.6 Å². The van der Waals surface area contributed by atoms with E-state index in [1.54, 1.807) is 0 Å². The fraction of sp³-hybridized carbons (Fsp3) is 0.292. The predicted molar refractivity (Wildman–Crippen MR) is 124 cm³/mol. The third-order valence-corrected chi connectivity index (χ3v) is 5.57. The first-order chi connectivity index (χ1) is 14.7. The first-order valence-corrected chi connectivity index (χ1v) is 10.8. The highest BCUT2D eigenvalue weighted by Crippen LogP contribution is 2.35. The van der Waals surface area contributed by atoms with E-state index in [0.29, 0.717) is 5.02 Å². The molecule has 6 heteroatoms. The lowest BCUT2D eigenvalue weighted by Gasteiger charge is -2.10. The molecule has 0 aliphatic carbocycles. The molecule has 0 atom stereocenters. The van der Waals surface area contributed by atoms with E-state index in [-0.39, 0.29) is 0 Å². The molecule has 30 heavy (non-hydrogen) atoms. The van der Waals surface area contributed by atoms with E-state index in [0.717, 1.165) is 78.7 Å². The highest BCUT2D eigenvalue weighted by atomic mass is 35.5. The summed E-state index contributed by atoms with van der Waals surface area (Å²) < 4.78 is 8.34. The van der Waals surface area contributed by atoms with Crippen molar-refractivity contribution in [2.45, 2.75) is 32.6 Å². The Hall–Kier alpha value is -2.76. The van der Waals surface area contributed by atoms with Gasteiger partial charge >= 0.3 is 0 Å². The number of anilines is 1. The topological polar surface area (TPSA) is 68.5 Å². The second-order valence-electron chi connectivity index (χ2n) is 7.44. The van der Waals surface area contributed by atoms with Gasteiger partial charge in [-0.2, -0.15) is 0 Å². The number of aryl methyl sites for hydroxylation is 1. The van der Waals surface area contributed by atoms with E-state index < -0.39 is 0 Å². The minimum absolute atomic E-state index is 0.667. The number of nitrogens with two attached hydrogens (primary N) is 1. The number of halogens is 1. The number of pyridine rings is 1. The molecule has 156 valence electrons. The molecular weight excluding hydrogens is 396 g/mol. The summed E-state index contributed by atoms with van der Waals surface area (Å²) in [7, 11) is 0. The maximum absolute atomic E-state index is 6.35. The summed E-state index contributed by atoms with van der Waals surface area (Å²) >= 11 is 6.35. The highest BCUT2D eigenvalue weighted by molar-refractivity contribution is 6.33. The normalized spacial score (nSPS) is 11.3. The summed E-state index contributed by atoms with van der Waals surface area (Å²) in [5.41, 5.74) is 9.29. The van der Waals surface area contributed by atoms with E-state index in [4.69, 9.17) is 26.7 Å². The van der Waals surface area contributed by atoms with Crippen LogP contribution in [0.1, 0.15) is 31.4 Å². The van der Waals surface area contributed by atoms with Crippen LogP contribution in [0.25, 0.3) is 28.4 Å². The lowest BCUT2D eigenvalue weighted by molar-refractivity contribution is 0.595. The number of hydrogen-bond acceptors (Lipinski definition) is 4. The molecule has 1 aromatic carbocycles. The second kappa shape index (κ2) is 9.37. The van der Waals surface area contributed by atoms with Gasteiger partial charge < -0.3 is 15.5 Å². The molecule has 4 rings (SSSR count). The van der Waals surface area contributed by atoms with Crippen LogP contribution in [0.4, 0.5) is 5.82 Å². The summed E-state index contributed by atoms with van der Waals surface area (Å²) in [5.74, 6) is 2.41. The Morgan fingerprint density at radius 3 is 2.60 bits per heavy atom. The molecule has 0 spiro atoms. The van der Waals surface area contributed by atoms with Gasteiger partial charge in [0, 0.05) is 17.8 Å². The van der Waals surface area contributed by atoms with Crippen LogP contribution in [-0.2, 0) is 0 Å². The van der Waals surface area contributed by atoms with Gasteiger partial charge in [-0.05, 0) is 62.7 Å². The SMILES string of the molecule is Cc1cccc2nc(-c3ccc(-c4ccccc4Cl)o3)c(NCCCCCCN)n12. The van der Waals surface area contributed by atoms with Crippen molar-refractivity contribution in [2.24, 2.45) is 5.73 Å². The van der Waals surface area contributed by atoms with Gasteiger partial charge in [0.1, 0.15) is 22.9 Å². The first-order valence-electron chi connectivity index (χ1n) is 10.5. The molecule has 5 nitrogen and oxygen atoms in total. The number of furan rings is 1. The van der Waals surface area contributed by atoms with Crippen molar-refractivity contribution in [1.29, 1.82) is 0 Å². The number of nitrogens with zero attached hydrogens (tertiary/aromatic N) is 2. The first kappa shape index (κ1) is 20.5. The number of benzene rings is 1. The zero-order valence-corrected chi connectivity index (χ0v) is 18.0. The van der Waals surface area contributed by atoms with Gasteiger partial charge in [0.05, 0.1) is 5.02 Å². The summed E-state index contributed by atoms with van der Waals surface area (Å²) in [6, 6.07) is 17.7. The Morgan fingerprint density at radius 1 is 0.967 bits per heavy atom. The van der Waals surface area contributed by atoms with E-state index in [2.05, 4.69) is 22.7 Å². The van der Waals surface area contributed by atoms with Crippen LogP contribution in [0.3, 0.4) is 0 Å². The van der Waals surface area contributed by atoms with Crippen LogP contribution in [0.15, 0.2) is 59.0 Å². The maximum Gasteiger partial charge on any atom is 0.157 e. The molecule has 0 saturated heterocycles. The van der Waals surface area contributed by atoms with Gasteiger partial charge in [-0.25, -0.2) is 4.98 Å². The number of unbranched alkanes of at least 4 members (excludes halogenated alkanes) is 3. The molecular formula is C24H27ClN4O. The average molecular weight is 423 g/mol. The smallest absolute Gasteiger partial charge is 0.157 e. The number of imidazole rings is 1. The lowest BCUT2D eigenvalue weighted by atomic mass is 10.2. The molecule has 3 N–H and O–H groups in total. The Morgan fingerprint density at radius 2 is 1.77 bits per heavy atom. The van der Waals surface area contributed by atoms with Crippen molar-refractivity contribution in [3.63, 3.8) is 0 Å². The summed E-state index contributed by atoms with van der Waals surface area (Å²) in [5, 5.41) is 4.26. The Kier molecular flexibility index (Phi) is 6.41. The average Bonchev–Trinajstić information content (AvgIpc) is 3.36. The molecule has 0 saturated carbocycles. The molecule has 0 fully saturated rings. The third-order valence-electron chi connectivity index (χ3n) is 5.24. The molecule has 0 radical (unpaired) electrons. The third kappa shape index (κ3) is 4.23. The minimum Gasteiger partial charge on any atom is -0.454 e. The van der Waals surface area contributed by atoms with E-state index >= 15 is 0 Å². The van der Waals surface area contributed by atoms with Gasteiger partial charge in [0.15, 0.2) is 5.76 Å². The standard InChI is InChI=1S/C24H27ClN4O/c1-17-9-8-12-22-28-23(24(29(17)22)27-16-7-3-2-6-15-26)21-14-13-20(30-21)18-10-4-5-11-19(18)25/h4-5,8-14,27H,2-3,6-7,15-16,26H2,1H3. The zero-order chi connectivity index (χ0) is 20.9. The molecule has 0 unspecified atom stereocenters. The molecule has 3 aromatic heterocycles. The number of aromatic nitrogens is 2. The molecule has 0 aliphatic heterocycles. The van der Waals surface area contributed by atoms with E-state index in [9.17, 15) is 0 Å². The predicted octanol–water partition coefficient (Wildman–Crippen LogP) is 6.15. The van der Waals surface area contributed by atoms with E-state index in [1.807, 2.05) is 48.5 Å². The number of fused-ring (bicyclic) bond motifs is 1. The van der Waals surface area contributed by atoms with Crippen LogP contribution in [0.2, 0.25) is 5.02 Å². The minimum atomic E-state index is 0.667. The summed E-state index contributed by atoms with van der Waals surface area (Å²) in [6.45, 7) is 3.72. The molecule has 4 aromatic rings. The van der Waals surface area contributed by atoms with Gasteiger partial charge in [-0.15, -0.1) is 0 Å². The van der Waals surface area contributed by atoms with Crippen molar-refractivity contribution in [3.8, 4) is 22.8 Å². The Bertz CT molecular complexity index is 1130. The monoisotopic (exact) mass is 422 g/mol. The van der Waals surface area contributed by atoms with Crippen molar-refractivity contribution in [2.75, 3.05) is 18.4 Å². The fourth-order valence-electron chi connectivity index (χ4n) is 3.69. The van der Waals surface area contributed by atoms with Crippen molar-refractivity contribution in [1.82, 2.24) is 9.38 Å². The fourth-order valence-corrected chi connectivity index (χ4v) is 3.92. The van der Waals surface area contributed by atoms with Gasteiger partial charge in [0.25, 0.3) is 0 Å². The van der Waals surface area contributed by atoms with Crippen molar-refractivity contribution >= 4 is 23.1 Å². The zero-order valence-electron chi connectivity index (χ0n) is 17.2. The molecule has 3 heterocycles. The van der Waals surface area contributed by atoms with Crippen molar-refractivity contribution < 1.29 is 4.42 Å². The summed E-state index contributed by atoms with van der Waals surface area (Å²) in [4.78, 5) is 4.86. The van der Waals surface area contributed by atoms with Crippen LogP contribution in [-0.4, -0.2) is 22.5 Å². The largest absolute Gasteiger partial charge is 0.454 e. The number of rotatable bonds is 9. The van der Waals surface area contributed by atoms with Gasteiger partial charge in [-0.3, -0.25) is 4.40 Å². The van der Waals surface area contributed by atoms with Crippen LogP contribution < -0.4 is 11.1 Å². The lowest BCUT2D eigenvalue weighted by Crippen LogP contribution is -2.06. The maximum atomic E-state index is 6.35. The number of nitrogens with one attached hydrogen (secondary N) is 1. The Balaban J connectivity index is 1.65.